The molecule has 0 saturated heterocycles. The molecule has 0 fully saturated rings. The maximum Gasteiger partial charge on any atom is 0.261 e. The summed E-state index contributed by atoms with van der Waals surface area (Å²) in [5.41, 5.74) is 7.61. The minimum absolute atomic E-state index is 0.208. The second-order valence-corrected chi connectivity index (χ2v) is 11.3. The van der Waals surface area contributed by atoms with Crippen LogP contribution in [0.25, 0.3) is 33.5 Å². The SMILES string of the molecule is Cc1ccc(Cn2c(-c3cccc(NS(=O)(=O)c4ccc(-c5ccccc5)cc4)c3)nc3ccccc32)cc1. The molecule has 0 aliphatic rings. The van der Waals surface area contributed by atoms with Crippen molar-refractivity contribution in [2.45, 2.75) is 18.4 Å². The first-order chi connectivity index (χ1) is 19.0. The van der Waals surface area contributed by atoms with E-state index in [4.69, 9.17) is 4.98 Å². The van der Waals surface area contributed by atoms with Gasteiger partial charge in [-0.3, -0.25) is 4.72 Å². The van der Waals surface area contributed by atoms with E-state index in [1.165, 1.54) is 11.1 Å². The molecule has 6 aromatic rings. The fourth-order valence-corrected chi connectivity index (χ4v) is 5.77. The van der Waals surface area contributed by atoms with Gasteiger partial charge in [0.1, 0.15) is 5.82 Å². The average molecular weight is 530 g/mol. The zero-order valence-corrected chi connectivity index (χ0v) is 22.3. The number of sulfonamides is 1. The number of aromatic nitrogens is 2. The van der Waals surface area contributed by atoms with Gasteiger partial charge in [0.2, 0.25) is 0 Å². The molecule has 0 aliphatic heterocycles. The third kappa shape index (κ3) is 5.19. The summed E-state index contributed by atoms with van der Waals surface area (Å²) in [6.45, 7) is 2.73. The van der Waals surface area contributed by atoms with Crippen molar-refractivity contribution < 1.29 is 8.42 Å². The third-order valence-electron chi connectivity index (χ3n) is 6.76. The lowest BCUT2D eigenvalue weighted by atomic mass is 10.1. The van der Waals surface area contributed by atoms with Crippen molar-refractivity contribution in [3.05, 3.63) is 139 Å². The Bertz CT molecular complexity index is 1860. The van der Waals surface area contributed by atoms with E-state index >= 15 is 0 Å². The van der Waals surface area contributed by atoms with E-state index < -0.39 is 10.0 Å². The largest absolute Gasteiger partial charge is 0.319 e. The number of nitrogens with one attached hydrogen (secondary N) is 1. The number of para-hydroxylation sites is 2. The fraction of sp³-hybridized carbons (Fsp3) is 0.0606. The Morgan fingerprint density at radius 3 is 2.13 bits per heavy atom. The van der Waals surface area contributed by atoms with Crippen LogP contribution in [0.5, 0.6) is 0 Å². The highest BCUT2D eigenvalue weighted by atomic mass is 32.2. The van der Waals surface area contributed by atoms with Gasteiger partial charge >= 0.3 is 0 Å². The first kappa shape index (κ1) is 24.6. The molecule has 6 heteroatoms. The highest BCUT2D eigenvalue weighted by molar-refractivity contribution is 7.92. The summed E-state index contributed by atoms with van der Waals surface area (Å²) in [6, 6.07) is 40.7. The van der Waals surface area contributed by atoms with E-state index in [9.17, 15) is 8.42 Å². The maximum absolute atomic E-state index is 13.2. The number of hydrogen-bond acceptors (Lipinski definition) is 3. The number of anilines is 1. The van der Waals surface area contributed by atoms with Crippen molar-refractivity contribution >= 4 is 26.7 Å². The highest BCUT2D eigenvalue weighted by Gasteiger charge is 2.17. The number of imidazole rings is 1. The van der Waals surface area contributed by atoms with Gasteiger partial charge in [-0.1, -0.05) is 96.6 Å². The molecule has 5 aromatic carbocycles. The van der Waals surface area contributed by atoms with Crippen molar-refractivity contribution in [3.8, 4) is 22.5 Å². The minimum atomic E-state index is -3.78. The van der Waals surface area contributed by atoms with E-state index in [1.807, 2.05) is 78.9 Å². The summed E-state index contributed by atoms with van der Waals surface area (Å²) in [6.07, 6.45) is 0. The summed E-state index contributed by atoms with van der Waals surface area (Å²) in [4.78, 5) is 5.12. The van der Waals surface area contributed by atoms with E-state index in [-0.39, 0.29) is 4.90 Å². The lowest BCUT2D eigenvalue weighted by Gasteiger charge is -2.12. The molecule has 0 amide bonds. The number of hydrogen-bond donors (Lipinski definition) is 1. The predicted octanol–water partition coefficient (Wildman–Crippen LogP) is 7.53. The lowest BCUT2D eigenvalue weighted by Crippen LogP contribution is -2.13. The first-order valence-electron chi connectivity index (χ1n) is 12.8. The first-order valence-corrected chi connectivity index (χ1v) is 14.2. The van der Waals surface area contributed by atoms with Crippen molar-refractivity contribution in [1.29, 1.82) is 0 Å². The Hall–Kier alpha value is -4.68. The molecular weight excluding hydrogens is 502 g/mol. The van der Waals surface area contributed by atoms with Crippen LogP contribution in [0.2, 0.25) is 0 Å². The van der Waals surface area contributed by atoms with Gasteiger partial charge in [-0.15, -0.1) is 0 Å². The highest BCUT2D eigenvalue weighted by Crippen LogP contribution is 2.29. The molecule has 1 aromatic heterocycles. The van der Waals surface area contributed by atoms with E-state index in [0.717, 1.165) is 33.5 Å². The number of nitrogens with zero attached hydrogens (tertiary/aromatic N) is 2. The molecule has 0 unspecified atom stereocenters. The summed E-state index contributed by atoms with van der Waals surface area (Å²) >= 11 is 0. The van der Waals surface area contributed by atoms with Gasteiger partial charge in [-0.2, -0.15) is 0 Å². The van der Waals surface area contributed by atoms with Crippen molar-refractivity contribution in [2.75, 3.05) is 4.72 Å². The van der Waals surface area contributed by atoms with Gasteiger partial charge in [0.15, 0.2) is 0 Å². The van der Waals surface area contributed by atoms with Crippen molar-refractivity contribution in [1.82, 2.24) is 9.55 Å². The van der Waals surface area contributed by atoms with Crippen molar-refractivity contribution in [2.24, 2.45) is 0 Å². The second kappa shape index (κ2) is 10.2. The van der Waals surface area contributed by atoms with Crippen LogP contribution in [0.4, 0.5) is 5.69 Å². The Labute approximate surface area is 228 Å². The fourth-order valence-electron chi connectivity index (χ4n) is 4.72. The topological polar surface area (TPSA) is 64.0 Å². The molecule has 192 valence electrons. The molecule has 39 heavy (non-hydrogen) atoms. The quantitative estimate of drug-likeness (QED) is 0.233. The van der Waals surface area contributed by atoms with Crippen LogP contribution >= 0.6 is 0 Å². The van der Waals surface area contributed by atoms with Crippen LogP contribution in [-0.4, -0.2) is 18.0 Å². The van der Waals surface area contributed by atoms with Gasteiger partial charge in [-0.25, -0.2) is 13.4 Å². The summed E-state index contributed by atoms with van der Waals surface area (Å²) < 4.78 is 31.4. The molecule has 6 rings (SSSR count). The molecule has 0 radical (unpaired) electrons. The lowest BCUT2D eigenvalue weighted by molar-refractivity contribution is 0.601. The normalized spacial score (nSPS) is 11.5. The Morgan fingerprint density at radius 1 is 0.692 bits per heavy atom. The molecule has 1 heterocycles. The molecule has 0 aliphatic carbocycles. The summed E-state index contributed by atoms with van der Waals surface area (Å²) in [7, 11) is -3.78. The van der Waals surface area contributed by atoms with Crippen LogP contribution in [0.1, 0.15) is 11.1 Å². The van der Waals surface area contributed by atoms with Gasteiger partial charge in [0, 0.05) is 17.8 Å². The van der Waals surface area contributed by atoms with Crippen LogP contribution in [0.3, 0.4) is 0 Å². The number of fused-ring (bicyclic) bond motifs is 1. The van der Waals surface area contributed by atoms with E-state index in [2.05, 4.69) is 46.5 Å². The average Bonchev–Trinajstić information content (AvgIpc) is 3.33. The predicted molar refractivity (Wildman–Crippen MR) is 158 cm³/mol. The van der Waals surface area contributed by atoms with Crippen LogP contribution in [0, 0.1) is 6.92 Å². The molecule has 0 spiro atoms. The molecule has 0 bridgehead atoms. The van der Waals surface area contributed by atoms with E-state index in [1.54, 1.807) is 18.2 Å². The van der Waals surface area contributed by atoms with Crippen LogP contribution in [0.15, 0.2) is 132 Å². The van der Waals surface area contributed by atoms with E-state index in [0.29, 0.717) is 12.2 Å². The molecule has 5 nitrogen and oxygen atoms in total. The zero-order valence-electron chi connectivity index (χ0n) is 21.5. The zero-order chi connectivity index (χ0) is 26.8. The monoisotopic (exact) mass is 529 g/mol. The Morgan fingerprint density at radius 2 is 1.36 bits per heavy atom. The van der Waals surface area contributed by atoms with Crippen molar-refractivity contribution in [3.63, 3.8) is 0 Å². The van der Waals surface area contributed by atoms with Gasteiger partial charge in [0.25, 0.3) is 10.0 Å². The molecular formula is C33H27N3O2S. The van der Waals surface area contributed by atoms with Crippen LogP contribution < -0.4 is 4.72 Å². The minimum Gasteiger partial charge on any atom is -0.319 e. The van der Waals surface area contributed by atoms with Gasteiger partial charge in [-0.05, 0) is 60.0 Å². The maximum atomic E-state index is 13.2. The number of rotatable bonds is 7. The smallest absolute Gasteiger partial charge is 0.261 e. The Balaban J connectivity index is 1.31. The Kier molecular flexibility index (Phi) is 6.47. The second-order valence-electron chi connectivity index (χ2n) is 9.57. The van der Waals surface area contributed by atoms with Gasteiger partial charge < -0.3 is 4.57 Å². The summed E-state index contributed by atoms with van der Waals surface area (Å²) in [5, 5.41) is 0. The molecule has 0 saturated carbocycles. The van der Waals surface area contributed by atoms with Crippen LogP contribution in [-0.2, 0) is 16.6 Å². The molecule has 1 N–H and O–H groups in total. The number of aryl methyl sites for hydroxylation is 1. The molecule has 0 atom stereocenters. The third-order valence-corrected chi connectivity index (χ3v) is 8.16. The standard InChI is InChI=1S/C33H27N3O2S/c1-24-14-16-25(17-15-24)23-36-32-13-6-5-12-31(32)34-33(36)28-10-7-11-29(22-28)35-39(37,38)30-20-18-27(19-21-30)26-8-3-2-4-9-26/h2-22,35H,23H2,1H3. The number of benzene rings is 5. The van der Waals surface area contributed by atoms with Gasteiger partial charge in [0.05, 0.1) is 15.9 Å². The summed E-state index contributed by atoms with van der Waals surface area (Å²) in [5.74, 6) is 0.782.